The molecule has 6 heteroatoms. The Labute approximate surface area is 124 Å². The van der Waals surface area contributed by atoms with E-state index in [2.05, 4.69) is 10.1 Å². The highest BCUT2D eigenvalue weighted by molar-refractivity contribution is 5.63. The van der Waals surface area contributed by atoms with E-state index in [-0.39, 0.29) is 6.04 Å². The topological polar surface area (TPSA) is 83.4 Å². The van der Waals surface area contributed by atoms with E-state index in [1.165, 1.54) is 0 Å². The van der Waals surface area contributed by atoms with E-state index in [0.717, 1.165) is 24.2 Å². The zero-order chi connectivity index (χ0) is 15.1. The molecule has 0 aliphatic heterocycles. The van der Waals surface area contributed by atoms with Gasteiger partial charge in [-0.25, -0.2) is 0 Å². The quantitative estimate of drug-likeness (QED) is 0.752. The molecule has 2 aromatic rings. The third kappa shape index (κ3) is 4.03. The number of hydrogen-bond acceptors (Lipinski definition) is 6. The lowest BCUT2D eigenvalue weighted by atomic mass is 10.1. The van der Waals surface area contributed by atoms with Gasteiger partial charge >= 0.3 is 0 Å². The second-order valence-corrected chi connectivity index (χ2v) is 4.63. The zero-order valence-electron chi connectivity index (χ0n) is 12.4. The number of aromatic nitrogens is 2. The molecule has 6 nitrogen and oxygen atoms in total. The largest absolute Gasteiger partial charge is 0.493 e. The van der Waals surface area contributed by atoms with Crippen molar-refractivity contribution in [1.29, 1.82) is 0 Å². The third-order valence-electron chi connectivity index (χ3n) is 3.05. The molecule has 0 saturated heterocycles. The summed E-state index contributed by atoms with van der Waals surface area (Å²) < 4.78 is 15.8. The van der Waals surface area contributed by atoms with E-state index in [0.29, 0.717) is 24.9 Å². The second kappa shape index (κ2) is 7.75. The number of para-hydroxylation sites is 1. The lowest BCUT2D eigenvalue weighted by Crippen LogP contribution is -2.11. The SMILES string of the molecule is CCOc1ccccc1-c1noc(C(N)CCCOC)n1. The standard InChI is InChI=1S/C15H21N3O3/c1-3-20-13-9-5-4-7-11(13)14-17-15(21-18-14)12(16)8-6-10-19-2/h4-5,7,9,12H,3,6,8,10,16H2,1-2H3. The van der Waals surface area contributed by atoms with Crippen molar-refractivity contribution in [2.45, 2.75) is 25.8 Å². The number of methoxy groups -OCH3 is 1. The van der Waals surface area contributed by atoms with Gasteiger partial charge in [0.05, 0.1) is 18.2 Å². The van der Waals surface area contributed by atoms with E-state index >= 15 is 0 Å². The Morgan fingerprint density at radius 2 is 2.14 bits per heavy atom. The fourth-order valence-corrected chi connectivity index (χ4v) is 2.00. The summed E-state index contributed by atoms with van der Waals surface area (Å²) in [5, 5.41) is 4.00. The Bertz CT molecular complexity index is 557. The van der Waals surface area contributed by atoms with Crippen LogP contribution in [0.5, 0.6) is 5.75 Å². The summed E-state index contributed by atoms with van der Waals surface area (Å²) >= 11 is 0. The smallest absolute Gasteiger partial charge is 0.243 e. The summed E-state index contributed by atoms with van der Waals surface area (Å²) in [6.07, 6.45) is 1.59. The van der Waals surface area contributed by atoms with Crippen molar-refractivity contribution in [2.75, 3.05) is 20.3 Å². The molecule has 0 fully saturated rings. The van der Waals surface area contributed by atoms with Crippen molar-refractivity contribution in [3.63, 3.8) is 0 Å². The van der Waals surface area contributed by atoms with E-state index in [1.54, 1.807) is 7.11 Å². The predicted octanol–water partition coefficient (Wildman–Crippen LogP) is 2.56. The summed E-state index contributed by atoms with van der Waals surface area (Å²) in [6, 6.07) is 7.32. The van der Waals surface area contributed by atoms with Gasteiger partial charge in [0.25, 0.3) is 0 Å². The van der Waals surface area contributed by atoms with Gasteiger partial charge < -0.3 is 19.7 Å². The van der Waals surface area contributed by atoms with Crippen molar-refractivity contribution in [1.82, 2.24) is 10.1 Å². The highest BCUT2D eigenvalue weighted by Gasteiger charge is 2.17. The monoisotopic (exact) mass is 291 g/mol. The first-order valence-corrected chi connectivity index (χ1v) is 7.06. The van der Waals surface area contributed by atoms with Crippen LogP contribution in [0.3, 0.4) is 0 Å². The number of nitrogens with zero attached hydrogens (tertiary/aromatic N) is 2. The minimum atomic E-state index is -0.277. The maximum atomic E-state index is 6.04. The molecule has 0 radical (unpaired) electrons. The molecule has 21 heavy (non-hydrogen) atoms. The van der Waals surface area contributed by atoms with Crippen LogP contribution in [0.2, 0.25) is 0 Å². The Kier molecular flexibility index (Phi) is 5.71. The molecular formula is C15H21N3O3. The first kappa shape index (κ1) is 15.5. The van der Waals surface area contributed by atoms with Gasteiger partial charge in [0, 0.05) is 13.7 Å². The molecule has 0 aliphatic carbocycles. The van der Waals surface area contributed by atoms with Gasteiger partial charge in [-0.3, -0.25) is 0 Å². The highest BCUT2D eigenvalue weighted by Crippen LogP contribution is 2.28. The molecule has 2 rings (SSSR count). The second-order valence-electron chi connectivity index (χ2n) is 4.63. The fourth-order valence-electron chi connectivity index (χ4n) is 2.00. The molecule has 114 valence electrons. The molecular weight excluding hydrogens is 270 g/mol. The number of nitrogens with two attached hydrogens (primary N) is 1. The maximum absolute atomic E-state index is 6.04. The Hall–Kier alpha value is -1.92. The number of ether oxygens (including phenoxy) is 2. The Morgan fingerprint density at radius 3 is 2.90 bits per heavy atom. The summed E-state index contributed by atoms with van der Waals surface area (Å²) in [6.45, 7) is 3.18. The maximum Gasteiger partial charge on any atom is 0.243 e. The molecule has 1 atom stereocenters. The van der Waals surface area contributed by atoms with Gasteiger partial charge in [-0.05, 0) is 31.9 Å². The van der Waals surface area contributed by atoms with Gasteiger partial charge in [-0.2, -0.15) is 4.98 Å². The Morgan fingerprint density at radius 1 is 1.33 bits per heavy atom. The average Bonchev–Trinajstić information content (AvgIpc) is 2.98. The van der Waals surface area contributed by atoms with E-state index < -0.39 is 0 Å². The van der Waals surface area contributed by atoms with Gasteiger partial charge in [0.1, 0.15) is 5.75 Å². The summed E-state index contributed by atoms with van der Waals surface area (Å²) in [5.41, 5.74) is 6.84. The van der Waals surface area contributed by atoms with Gasteiger partial charge in [0.2, 0.25) is 11.7 Å². The van der Waals surface area contributed by atoms with Gasteiger partial charge in [-0.15, -0.1) is 0 Å². The summed E-state index contributed by atoms with van der Waals surface area (Å²) in [5.74, 6) is 1.67. The number of rotatable bonds is 8. The van der Waals surface area contributed by atoms with Crippen LogP contribution < -0.4 is 10.5 Å². The molecule has 1 heterocycles. The van der Waals surface area contributed by atoms with E-state index in [9.17, 15) is 0 Å². The molecule has 0 saturated carbocycles. The highest BCUT2D eigenvalue weighted by atomic mass is 16.5. The lowest BCUT2D eigenvalue weighted by Gasteiger charge is -2.06. The normalized spacial score (nSPS) is 12.3. The first-order valence-electron chi connectivity index (χ1n) is 7.06. The van der Waals surface area contributed by atoms with Crippen LogP contribution in [-0.2, 0) is 4.74 Å². The molecule has 1 aromatic heterocycles. The Balaban J connectivity index is 2.12. The van der Waals surface area contributed by atoms with Crippen molar-refractivity contribution in [3.8, 4) is 17.1 Å². The molecule has 0 bridgehead atoms. The van der Waals surface area contributed by atoms with Crippen molar-refractivity contribution in [3.05, 3.63) is 30.2 Å². The van der Waals surface area contributed by atoms with E-state index in [1.807, 2.05) is 31.2 Å². The van der Waals surface area contributed by atoms with Gasteiger partial charge in [0.15, 0.2) is 0 Å². The average molecular weight is 291 g/mol. The molecule has 1 aromatic carbocycles. The molecule has 2 N–H and O–H groups in total. The number of hydrogen-bond donors (Lipinski definition) is 1. The minimum absolute atomic E-state index is 0.277. The summed E-state index contributed by atoms with van der Waals surface area (Å²) in [7, 11) is 1.67. The third-order valence-corrected chi connectivity index (χ3v) is 3.05. The number of benzene rings is 1. The van der Waals surface area contributed by atoms with Crippen molar-refractivity contribution < 1.29 is 14.0 Å². The summed E-state index contributed by atoms with van der Waals surface area (Å²) in [4.78, 5) is 4.38. The van der Waals surface area contributed by atoms with Crippen molar-refractivity contribution >= 4 is 0 Å². The fraction of sp³-hybridized carbons (Fsp3) is 0.467. The van der Waals surface area contributed by atoms with Crippen molar-refractivity contribution in [2.24, 2.45) is 5.73 Å². The van der Waals surface area contributed by atoms with Crippen LogP contribution >= 0.6 is 0 Å². The molecule has 0 spiro atoms. The molecule has 1 unspecified atom stereocenters. The zero-order valence-corrected chi connectivity index (χ0v) is 12.4. The van der Waals surface area contributed by atoms with Crippen LogP contribution in [0.25, 0.3) is 11.4 Å². The van der Waals surface area contributed by atoms with Gasteiger partial charge in [-0.1, -0.05) is 17.3 Å². The minimum Gasteiger partial charge on any atom is -0.493 e. The van der Waals surface area contributed by atoms with Crippen LogP contribution in [0.4, 0.5) is 0 Å². The van der Waals surface area contributed by atoms with E-state index in [4.69, 9.17) is 19.7 Å². The van der Waals surface area contributed by atoms with Crippen LogP contribution in [0, 0.1) is 0 Å². The van der Waals surface area contributed by atoms with Crippen LogP contribution in [0.15, 0.2) is 28.8 Å². The molecule has 0 amide bonds. The van der Waals surface area contributed by atoms with Crippen LogP contribution in [-0.4, -0.2) is 30.5 Å². The van der Waals surface area contributed by atoms with Crippen LogP contribution in [0.1, 0.15) is 31.7 Å². The first-order chi connectivity index (χ1) is 10.3. The lowest BCUT2D eigenvalue weighted by molar-refractivity contribution is 0.188. The molecule has 0 aliphatic rings. The predicted molar refractivity (Wildman–Crippen MR) is 78.9 cm³/mol.